The first-order valence-corrected chi connectivity index (χ1v) is 6.56. The number of halogens is 1. The molecule has 0 unspecified atom stereocenters. The average Bonchev–Trinajstić information content (AvgIpc) is 2.36. The van der Waals surface area contributed by atoms with Crippen molar-refractivity contribution in [3.8, 4) is 0 Å². The van der Waals surface area contributed by atoms with Crippen molar-refractivity contribution in [2.24, 2.45) is 0 Å². The molecule has 3 N–H and O–H groups in total. The molecule has 98 valence electrons. The van der Waals surface area contributed by atoms with E-state index in [-0.39, 0.29) is 5.91 Å². The third-order valence-corrected chi connectivity index (χ3v) is 3.99. The molecule has 1 amide bonds. The zero-order valence-corrected chi connectivity index (χ0v) is 12.3. The van der Waals surface area contributed by atoms with Crippen molar-refractivity contribution < 1.29 is 4.79 Å². The minimum Gasteiger partial charge on any atom is -0.384 e. The summed E-state index contributed by atoms with van der Waals surface area (Å²) in [6.45, 7) is 3.97. The van der Waals surface area contributed by atoms with Crippen molar-refractivity contribution in [2.75, 3.05) is 11.1 Å². The molecule has 0 saturated carbocycles. The molecule has 0 atom stereocenters. The summed E-state index contributed by atoms with van der Waals surface area (Å²) in [5.41, 5.74) is 8.96. The van der Waals surface area contributed by atoms with E-state index in [4.69, 9.17) is 5.73 Å². The van der Waals surface area contributed by atoms with Crippen molar-refractivity contribution >= 4 is 33.3 Å². The van der Waals surface area contributed by atoms with Crippen LogP contribution in [-0.4, -0.2) is 10.9 Å². The molecule has 2 rings (SSSR count). The van der Waals surface area contributed by atoms with Crippen LogP contribution in [0, 0.1) is 13.8 Å². The number of aryl methyl sites for hydroxylation is 2. The van der Waals surface area contributed by atoms with Crippen LogP contribution in [0.4, 0.5) is 11.5 Å². The van der Waals surface area contributed by atoms with Gasteiger partial charge in [0.25, 0.3) is 5.91 Å². The van der Waals surface area contributed by atoms with E-state index in [9.17, 15) is 4.79 Å². The van der Waals surface area contributed by atoms with Gasteiger partial charge in [-0.05, 0) is 49.2 Å². The lowest BCUT2D eigenvalue weighted by atomic mass is 10.1. The van der Waals surface area contributed by atoms with E-state index in [0.29, 0.717) is 11.4 Å². The van der Waals surface area contributed by atoms with E-state index in [1.807, 2.05) is 26.0 Å². The number of nitrogen functional groups attached to an aromatic ring is 1. The molecule has 0 aliphatic carbocycles. The van der Waals surface area contributed by atoms with Gasteiger partial charge in [-0.1, -0.05) is 15.9 Å². The Morgan fingerprint density at radius 3 is 2.47 bits per heavy atom. The Kier molecular flexibility index (Phi) is 3.85. The zero-order chi connectivity index (χ0) is 14.0. The molecule has 4 nitrogen and oxygen atoms in total. The van der Waals surface area contributed by atoms with Gasteiger partial charge in [0.1, 0.15) is 5.82 Å². The van der Waals surface area contributed by atoms with Crippen molar-refractivity contribution in [1.29, 1.82) is 0 Å². The first kappa shape index (κ1) is 13.5. The maximum atomic E-state index is 12.1. The highest BCUT2D eigenvalue weighted by atomic mass is 79.9. The third kappa shape index (κ3) is 3.12. The van der Waals surface area contributed by atoms with Crippen LogP contribution in [0.5, 0.6) is 0 Å². The smallest absolute Gasteiger partial charge is 0.255 e. The monoisotopic (exact) mass is 319 g/mol. The summed E-state index contributed by atoms with van der Waals surface area (Å²) in [6, 6.07) is 7.01. The Balaban J connectivity index is 2.24. The predicted octanol–water partition coefficient (Wildman–Crippen LogP) is 3.30. The van der Waals surface area contributed by atoms with Crippen LogP contribution in [0.15, 0.2) is 34.9 Å². The summed E-state index contributed by atoms with van der Waals surface area (Å²) in [6.07, 6.45) is 1.52. The molecule has 0 bridgehead atoms. The molecule has 0 saturated heterocycles. The first-order valence-electron chi connectivity index (χ1n) is 5.77. The molecule has 5 heteroatoms. The van der Waals surface area contributed by atoms with Crippen molar-refractivity contribution in [1.82, 2.24) is 4.98 Å². The predicted molar refractivity (Wildman–Crippen MR) is 80.2 cm³/mol. The lowest BCUT2D eigenvalue weighted by molar-refractivity contribution is 0.102. The quantitative estimate of drug-likeness (QED) is 0.892. The second-order valence-corrected chi connectivity index (χ2v) is 5.14. The van der Waals surface area contributed by atoms with Crippen LogP contribution >= 0.6 is 15.9 Å². The molecule has 19 heavy (non-hydrogen) atoms. The zero-order valence-electron chi connectivity index (χ0n) is 10.7. The van der Waals surface area contributed by atoms with Gasteiger partial charge in [-0.2, -0.15) is 0 Å². The maximum Gasteiger partial charge on any atom is 0.255 e. The topological polar surface area (TPSA) is 68.0 Å². The summed E-state index contributed by atoms with van der Waals surface area (Å²) in [4.78, 5) is 15.9. The summed E-state index contributed by atoms with van der Waals surface area (Å²) < 4.78 is 1.05. The van der Waals surface area contributed by atoms with E-state index in [2.05, 4.69) is 26.2 Å². The van der Waals surface area contributed by atoms with Crippen LogP contribution in [-0.2, 0) is 0 Å². The Morgan fingerprint density at radius 2 is 1.89 bits per heavy atom. The summed E-state index contributed by atoms with van der Waals surface area (Å²) in [5, 5.41) is 2.85. The number of amides is 1. The Labute approximate surface area is 120 Å². The SMILES string of the molecule is Cc1cc(NC(=O)c2ccnc(N)c2)cc(C)c1Br. The van der Waals surface area contributed by atoms with Gasteiger partial charge in [-0.15, -0.1) is 0 Å². The van der Waals surface area contributed by atoms with Crippen molar-refractivity contribution in [2.45, 2.75) is 13.8 Å². The number of anilines is 2. The van der Waals surface area contributed by atoms with E-state index in [1.54, 1.807) is 12.1 Å². The summed E-state index contributed by atoms with van der Waals surface area (Å²) in [7, 11) is 0. The minimum atomic E-state index is -0.199. The number of nitrogens with two attached hydrogens (primary N) is 1. The molecular formula is C14H14BrN3O. The lowest BCUT2D eigenvalue weighted by Crippen LogP contribution is -2.12. The Hall–Kier alpha value is -1.88. The van der Waals surface area contributed by atoms with Crippen LogP contribution in [0.3, 0.4) is 0 Å². The number of hydrogen-bond acceptors (Lipinski definition) is 3. The third-order valence-electron chi connectivity index (χ3n) is 2.74. The normalized spacial score (nSPS) is 10.3. The molecule has 0 aliphatic rings. The number of pyridine rings is 1. The number of benzene rings is 1. The Bertz CT molecular complexity index is 617. The number of rotatable bonds is 2. The number of aromatic nitrogens is 1. The average molecular weight is 320 g/mol. The molecular weight excluding hydrogens is 306 g/mol. The summed E-state index contributed by atoms with van der Waals surface area (Å²) in [5.74, 6) is 0.131. The fraction of sp³-hybridized carbons (Fsp3) is 0.143. The molecule has 0 fully saturated rings. The highest BCUT2D eigenvalue weighted by molar-refractivity contribution is 9.10. The van der Waals surface area contributed by atoms with Gasteiger partial charge in [0.05, 0.1) is 0 Å². The fourth-order valence-corrected chi connectivity index (χ4v) is 2.04. The van der Waals surface area contributed by atoms with Gasteiger partial charge >= 0.3 is 0 Å². The summed E-state index contributed by atoms with van der Waals surface area (Å²) >= 11 is 3.50. The second kappa shape index (κ2) is 5.40. The van der Waals surface area contributed by atoms with E-state index in [0.717, 1.165) is 21.3 Å². The molecule has 1 aromatic carbocycles. The van der Waals surface area contributed by atoms with E-state index in [1.165, 1.54) is 6.20 Å². The molecule has 0 aliphatic heterocycles. The Morgan fingerprint density at radius 1 is 1.26 bits per heavy atom. The molecule has 1 aromatic heterocycles. The van der Waals surface area contributed by atoms with Gasteiger partial charge in [0.15, 0.2) is 0 Å². The van der Waals surface area contributed by atoms with Crippen LogP contribution in [0.1, 0.15) is 21.5 Å². The van der Waals surface area contributed by atoms with Gasteiger partial charge in [-0.25, -0.2) is 4.98 Å². The molecule has 0 spiro atoms. The minimum absolute atomic E-state index is 0.199. The maximum absolute atomic E-state index is 12.1. The highest BCUT2D eigenvalue weighted by Crippen LogP contribution is 2.25. The number of hydrogen-bond donors (Lipinski definition) is 2. The molecule has 2 aromatic rings. The van der Waals surface area contributed by atoms with E-state index >= 15 is 0 Å². The van der Waals surface area contributed by atoms with Crippen LogP contribution in [0.2, 0.25) is 0 Å². The largest absolute Gasteiger partial charge is 0.384 e. The molecule has 0 radical (unpaired) electrons. The van der Waals surface area contributed by atoms with Gasteiger partial charge < -0.3 is 11.1 Å². The number of carbonyl (C=O) groups is 1. The van der Waals surface area contributed by atoms with Crippen molar-refractivity contribution in [3.63, 3.8) is 0 Å². The number of carbonyl (C=O) groups excluding carboxylic acids is 1. The van der Waals surface area contributed by atoms with Gasteiger partial charge in [0.2, 0.25) is 0 Å². The fourth-order valence-electron chi connectivity index (χ4n) is 1.81. The number of nitrogens with one attached hydrogen (secondary N) is 1. The second-order valence-electron chi connectivity index (χ2n) is 4.35. The van der Waals surface area contributed by atoms with Gasteiger partial charge in [0, 0.05) is 21.9 Å². The highest BCUT2D eigenvalue weighted by Gasteiger charge is 2.08. The van der Waals surface area contributed by atoms with E-state index < -0.39 is 0 Å². The first-order chi connectivity index (χ1) is 8.97. The standard InChI is InChI=1S/C14H14BrN3O/c1-8-5-11(6-9(2)13(8)15)18-14(19)10-3-4-17-12(16)7-10/h3-7H,1-2H3,(H2,16,17)(H,18,19). The lowest BCUT2D eigenvalue weighted by Gasteiger charge is -2.09. The van der Waals surface area contributed by atoms with Gasteiger partial charge in [-0.3, -0.25) is 4.79 Å². The van der Waals surface area contributed by atoms with Crippen LogP contribution in [0.25, 0.3) is 0 Å². The molecule has 1 heterocycles. The van der Waals surface area contributed by atoms with Crippen molar-refractivity contribution in [3.05, 3.63) is 51.6 Å². The number of nitrogens with zero attached hydrogens (tertiary/aromatic N) is 1. The van der Waals surface area contributed by atoms with Crippen LogP contribution < -0.4 is 11.1 Å².